The third kappa shape index (κ3) is 3.16. The minimum Gasteiger partial charge on any atom is -0.382 e. The Morgan fingerprint density at radius 1 is 1.56 bits per heavy atom. The zero-order valence-electron chi connectivity index (χ0n) is 10.5. The molecule has 0 bridgehead atoms. The lowest BCUT2D eigenvalue weighted by Gasteiger charge is -2.26. The normalized spacial score (nSPS) is 19.5. The summed E-state index contributed by atoms with van der Waals surface area (Å²) >= 11 is 0. The van der Waals surface area contributed by atoms with Crippen LogP contribution in [0.15, 0.2) is 12.4 Å². The Balaban J connectivity index is 1.93. The number of ether oxygens (including phenoxy) is 1. The van der Waals surface area contributed by atoms with Crippen molar-refractivity contribution in [3.8, 4) is 0 Å². The number of amides is 1. The SMILES string of the molecule is CN(CC1CCCOC1)C(=O)c1cnc(N)cn1. The number of nitrogens with zero attached hydrogens (tertiary/aromatic N) is 3. The van der Waals surface area contributed by atoms with Crippen molar-refractivity contribution in [3.63, 3.8) is 0 Å². The van der Waals surface area contributed by atoms with Crippen molar-refractivity contribution in [2.75, 3.05) is 32.5 Å². The molecule has 18 heavy (non-hydrogen) atoms. The quantitative estimate of drug-likeness (QED) is 0.847. The molecule has 98 valence electrons. The Bertz CT molecular complexity index is 401. The van der Waals surface area contributed by atoms with Gasteiger partial charge in [0.25, 0.3) is 5.91 Å². The summed E-state index contributed by atoms with van der Waals surface area (Å²) < 4.78 is 5.40. The van der Waals surface area contributed by atoms with Crippen molar-refractivity contribution >= 4 is 11.7 Å². The van der Waals surface area contributed by atoms with Crippen LogP contribution in [0.4, 0.5) is 5.82 Å². The number of aromatic nitrogens is 2. The standard InChI is InChI=1S/C12H18N4O2/c1-16(7-9-3-2-4-18-8-9)12(17)10-5-15-11(13)6-14-10/h5-6,9H,2-4,7-8H2,1H3,(H2,13,15). The molecule has 2 heterocycles. The van der Waals surface area contributed by atoms with Crippen molar-refractivity contribution in [1.29, 1.82) is 0 Å². The van der Waals surface area contributed by atoms with Crippen LogP contribution in [0.25, 0.3) is 0 Å². The van der Waals surface area contributed by atoms with Crippen molar-refractivity contribution in [1.82, 2.24) is 14.9 Å². The first kappa shape index (κ1) is 12.8. The number of hydrogen-bond donors (Lipinski definition) is 1. The second kappa shape index (κ2) is 5.77. The van der Waals surface area contributed by atoms with Crippen LogP contribution < -0.4 is 5.73 Å². The molecule has 1 unspecified atom stereocenters. The van der Waals surface area contributed by atoms with E-state index in [1.807, 2.05) is 0 Å². The van der Waals surface area contributed by atoms with Gasteiger partial charge in [0.15, 0.2) is 0 Å². The lowest BCUT2D eigenvalue weighted by Crippen LogP contribution is -2.35. The zero-order valence-corrected chi connectivity index (χ0v) is 10.5. The maximum Gasteiger partial charge on any atom is 0.273 e. The molecule has 1 atom stereocenters. The predicted octanol–water partition coefficient (Wildman–Crippen LogP) is 0.557. The van der Waals surface area contributed by atoms with Gasteiger partial charge in [0.05, 0.1) is 19.0 Å². The maximum atomic E-state index is 12.1. The Hall–Kier alpha value is -1.69. The van der Waals surface area contributed by atoms with E-state index in [4.69, 9.17) is 10.5 Å². The van der Waals surface area contributed by atoms with Gasteiger partial charge in [-0.2, -0.15) is 0 Å². The first-order valence-corrected chi connectivity index (χ1v) is 6.07. The molecule has 1 aromatic rings. The highest BCUT2D eigenvalue weighted by atomic mass is 16.5. The molecule has 1 aliphatic heterocycles. The summed E-state index contributed by atoms with van der Waals surface area (Å²) in [4.78, 5) is 21.6. The molecule has 0 spiro atoms. The van der Waals surface area contributed by atoms with Crippen molar-refractivity contribution in [2.45, 2.75) is 12.8 Å². The minimum atomic E-state index is -0.131. The minimum absolute atomic E-state index is 0.131. The van der Waals surface area contributed by atoms with E-state index < -0.39 is 0 Å². The zero-order chi connectivity index (χ0) is 13.0. The summed E-state index contributed by atoms with van der Waals surface area (Å²) in [6.07, 6.45) is 4.97. The molecular weight excluding hydrogens is 232 g/mol. The summed E-state index contributed by atoms with van der Waals surface area (Å²) in [5.41, 5.74) is 5.76. The van der Waals surface area contributed by atoms with Gasteiger partial charge in [-0.25, -0.2) is 9.97 Å². The molecule has 6 nitrogen and oxygen atoms in total. The third-order valence-electron chi connectivity index (χ3n) is 3.02. The van der Waals surface area contributed by atoms with Crippen molar-refractivity contribution in [3.05, 3.63) is 18.1 Å². The molecule has 6 heteroatoms. The molecule has 1 aliphatic rings. The van der Waals surface area contributed by atoms with E-state index in [1.165, 1.54) is 12.4 Å². The van der Waals surface area contributed by atoms with E-state index in [2.05, 4.69) is 9.97 Å². The number of carbonyl (C=O) groups is 1. The average Bonchev–Trinajstić information content (AvgIpc) is 2.40. The largest absolute Gasteiger partial charge is 0.382 e. The van der Waals surface area contributed by atoms with E-state index in [-0.39, 0.29) is 5.91 Å². The number of rotatable bonds is 3. The molecule has 1 saturated heterocycles. The maximum absolute atomic E-state index is 12.1. The van der Waals surface area contributed by atoms with Gasteiger partial charge in [0, 0.05) is 20.2 Å². The lowest BCUT2D eigenvalue weighted by atomic mass is 10.0. The number of anilines is 1. The first-order chi connectivity index (χ1) is 8.66. The number of nitrogen functional groups attached to an aromatic ring is 1. The Kier molecular flexibility index (Phi) is 4.09. The van der Waals surface area contributed by atoms with E-state index >= 15 is 0 Å². The van der Waals surface area contributed by atoms with Gasteiger partial charge in [-0.15, -0.1) is 0 Å². The van der Waals surface area contributed by atoms with Crippen molar-refractivity contribution in [2.24, 2.45) is 5.92 Å². The first-order valence-electron chi connectivity index (χ1n) is 6.07. The van der Waals surface area contributed by atoms with Crippen LogP contribution in [0, 0.1) is 5.92 Å². The molecule has 1 aromatic heterocycles. The Morgan fingerprint density at radius 3 is 3.00 bits per heavy atom. The highest BCUT2D eigenvalue weighted by Gasteiger charge is 2.20. The monoisotopic (exact) mass is 250 g/mol. The topological polar surface area (TPSA) is 81.3 Å². The fraction of sp³-hybridized carbons (Fsp3) is 0.583. The Morgan fingerprint density at radius 2 is 2.39 bits per heavy atom. The van der Waals surface area contributed by atoms with E-state index in [0.29, 0.717) is 24.0 Å². The van der Waals surface area contributed by atoms with Crippen LogP contribution in [0.1, 0.15) is 23.3 Å². The lowest BCUT2D eigenvalue weighted by molar-refractivity contribution is 0.0386. The summed E-state index contributed by atoms with van der Waals surface area (Å²) in [7, 11) is 1.77. The highest BCUT2D eigenvalue weighted by molar-refractivity contribution is 5.91. The van der Waals surface area contributed by atoms with Gasteiger partial charge in [-0.3, -0.25) is 4.79 Å². The van der Waals surface area contributed by atoms with Gasteiger partial charge < -0.3 is 15.4 Å². The van der Waals surface area contributed by atoms with E-state index in [9.17, 15) is 4.79 Å². The van der Waals surface area contributed by atoms with Crippen LogP contribution in [0.2, 0.25) is 0 Å². The molecule has 0 aliphatic carbocycles. The fourth-order valence-corrected chi connectivity index (χ4v) is 2.07. The molecule has 1 amide bonds. The predicted molar refractivity (Wildman–Crippen MR) is 66.9 cm³/mol. The molecule has 0 saturated carbocycles. The van der Waals surface area contributed by atoms with Gasteiger partial charge in [-0.1, -0.05) is 0 Å². The highest BCUT2D eigenvalue weighted by Crippen LogP contribution is 2.15. The Labute approximate surface area is 106 Å². The molecular formula is C12H18N4O2. The van der Waals surface area contributed by atoms with Crippen LogP contribution in [-0.4, -0.2) is 47.6 Å². The average molecular weight is 250 g/mol. The number of nitrogens with two attached hydrogens (primary N) is 1. The number of hydrogen-bond acceptors (Lipinski definition) is 5. The van der Waals surface area contributed by atoms with E-state index in [1.54, 1.807) is 11.9 Å². The summed E-state index contributed by atoms with van der Waals surface area (Å²) in [6, 6.07) is 0. The molecule has 0 radical (unpaired) electrons. The van der Waals surface area contributed by atoms with Crippen LogP contribution >= 0.6 is 0 Å². The van der Waals surface area contributed by atoms with Gasteiger partial charge >= 0.3 is 0 Å². The number of carbonyl (C=O) groups excluding carboxylic acids is 1. The van der Waals surface area contributed by atoms with E-state index in [0.717, 1.165) is 26.1 Å². The summed E-state index contributed by atoms with van der Waals surface area (Å²) in [6.45, 7) is 2.24. The molecule has 1 fully saturated rings. The second-order valence-electron chi connectivity index (χ2n) is 4.60. The molecule has 2 rings (SSSR count). The van der Waals surface area contributed by atoms with Crippen LogP contribution in [0.3, 0.4) is 0 Å². The smallest absolute Gasteiger partial charge is 0.273 e. The second-order valence-corrected chi connectivity index (χ2v) is 4.60. The summed E-state index contributed by atoms with van der Waals surface area (Å²) in [5.74, 6) is 0.595. The van der Waals surface area contributed by atoms with Crippen LogP contribution in [0.5, 0.6) is 0 Å². The van der Waals surface area contributed by atoms with Gasteiger partial charge in [0.1, 0.15) is 11.5 Å². The van der Waals surface area contributed by atoms with Crippen LogP contribution in [-0.2, 0) is 4.74 Å². The summed E-state index contributed by atoms with van der Waals surface area (Å²) in [5, 5.41) is 0. The fourth-order valence-electron chi connectivity index (χ4n) is 2.07. The van der Waals surface area contributed by atoms with Crippen molar-refractivity contribution < 1.29 is 9.53 Å². The third-order valence-corrected chi connectivity index (χ3v) is 3.02. The van der Waals surface area contributed by atoms with Gasteiger partial charge in [0.2, 0.25) is 0 Å². The molecule has 2 N–H and O–H groups in total. The van der Waals surface area contributed by atoms with Gasteiger partial charge in [-0.05, 0) is 18.8 Å². The molecule has 0 aromatic carbocycles.